The van der Waals surface area contributed by atoms with Crippen LogP contribution < -0.4 is 5.69 Å². The Morgan fingerprint density at radius 3 is 2.12 bits per heavy atom. The number of nitrogens with zero attached hydrogens (tertiary/aromatic N) is 2. The third-order valence-electron chi connectivity index (χ3n) is 6.37. The highest BCUT2D eigenvalue weighted by atomic mass is 32.2. The third-order valence-corrected chi connectivity index (χ3v) is 8.28. The number of benzene rings is 1. The molecule has 8 heteroatoms. The summed E-state index contributed by atoms with van der Waals surface area (Å²) < 4.78 is 27.7. The van der Waals surface area contributed by atoms with E-state index in [1.165, 1.54) is 18.9 Å². The zero-order chi connectivity index (χ0) is 18.6. The zero-order valence-electron chi connectivity index (χ0n) is 15.4. The number of aromatic amines is 2. The van der Waals surface area contributed by atoms with Crippen LogP contribution in [0.5, 0.6) is 0 Å². The van der Waals surface area contributed by atoms with Crippen molar-refractivity contribution in [3.05, 3.63) is 28.7 Å². The van der Waals surface area contributed by atoms with Gasteiger partial charge < -0.3 is 14.9 Å². The molecule has 2 aliphatic rings. The van der Waals surface area contributed by atoms with Crippen molar-refractivity contribution in [3.8, 4) is 0 Å². The average Bonchev–Trinajstić information content (AvgIpc) is 3.24. The second kappa shape index (κ2) is 6.21. The number of hydrogen-bond donors (Lipinski definition) is 2. The first-order valence-electron chi connectivity index (χ1n) is 9.12. The first-order chi connectivity index (χ1) is 12.3. The van der Waals surface area contributed by atoms with Crippen LogP contribution in [0.25, 0.3) is 11.0 Å². The van der Waals surface area contributed by atoms with Gasteiger partial charge in [-0.2, -0.15) is 4.31 Å². The van der Waals surface area contributed by atoms with Crippen molar-refractivity contribution in [1.82, 2.24) is 19.2 Å². The molecule has 26 heavy (non-hydrogen) atoms. The third kappa shape index (κ3) is 2.90. The minimum absolute atomic E-state index is 0.0547. The Morgan fingerprint density at radius 1 is 0.923 bits per heavy atom. The van der Waals surface area contributed by atoms with E-state index < -0.39 is 10.0 Å². The van der Waals surface area contributed by atoms with Crippen LogP contribution in [0.15, 0.2) is 27.9 Å². The summed E-state index contributed by atoms with van der Waals surface area (Å²) in [5.74, 6) is 1.24. The summed E-state index contributed by atoms with van der Waals surface area (Å²) in [5, 5.41) is 0. The van der Waals surface area contributed by atoms with E-state index in [0.29, 0.717) is 28.9 Å². The van der Waals surface area contributed by atoms with Gasteiger partial charge in [0.25, 0.3) is 0 Å². The van der Waals surface area contributed by atoms with Gasteiger partial charge in [-0.15, -0.1) is 0 Å². The molecule has 4 rings (SSSR count). The number of H-pyrrole nitrogens is 2. The molecular weight excluding hydrogens is 352 g/mol. The molecule has 0 aliphatic heterocycles. The Labute approximate surface area is 153 Å². The zero-order valence-corrected chi connectivity index (χ0v) is 16.2. The van der Waals surface area contributed by atoms with E-state index in [4.69, 9.17) is 0 Å². The van der Waals surface area contributed by atoms with Gasteiger partial charge in [-0.3, -0.25) is 0 Å². The Hall–Kier alpha value is -1.64. The molecule has 1 heterocycles. The Balaban J connectivity index is 1.54. The number of rotatable bonds is 4. The van der Waals surface area contributed by atoms with Gasteiger partial charge in [-0.1, -0.05) is 0 Å². The summed E-state index contributed by atoms with van der Waals surface area (Å²) in [6.45, 7) is 0. The van der Waals surface area contributed by atoms with Crippen molar-refractivity contribution in [2.75, 3.05) is 21.1 Å². The maximum absolute atomic E-state index is 13.1. The highest BCUT2D eigenvalue weighted by molar-refractivity contribution is 7.89. The van der Waals surface area contributed by atoms with Gasteiger partial charge >= 0.3 is 5.69 Å². The van der Waals surface area contributed by atoms with Crippen molar-refractivity contribution in [3.63, 3.8) is 0 Å². The summed E-state index contributed by atoms with van der Waals surface area (Å²) in [6.07, 6.45) is 4.21. The number of fused-ring (bicyclic) bond motifs is 2. The van der Waals surface area contributed by atoms with Gasteiger partial charge in [-0.25, -0.2) is 13.2 Å². The number of nitrogens with one attached hydrogen (secondary N) is 2. The maximum atomic E-state index is 13.1. The van der Waals surface area contributed by atoms with Crippen molar-refractivity contribution < 1.29 is 8.42 Å². The fourth-order valence-electron chi connectivity index (χ4n) is 4.81. The van der Waals surface area contributed by atoms with Crippen LogP contribution in [-0.4, -0.2) is 60.8 Å². The molecule has 0 bridgehead atoms. The van der Waals surface area contributed by atoms with E-state index in [2.05, 4.69) is 29.0 Å². The molecule has 2 saturated carbocycles. The second-order valence-electron chi connectivity index (χ2n) is 8.04. The van der Waals surface area contributed by atoms with Crippen molar-refractivity contribution in [1.29, 1.82) is 0 Å². The lowest BCUT2D eigenvalue weighted by molar-refractivity contribution is 0.268. The number of aromatic nitrogens is 2. The normalized spacial score (nSPS) is 29.1. The van der Waals surface area contributed by atoms with E-state index in [-0.39, 0.29) is 16.6 Å². The van der Waals surface area contributed by atoms with E-state index in [1.807, 2.05) is 0 Å². The molecule has 7 nitrogen and oxygen atoms in total. The molecule has 0 amide bonds. The minimum Gasteiger partial charge on any atom is -0.306 e. The van der Waals surface area contributed by atoms with Gasteiger partial charge in [0, 0.05) is 19.1 Å². The van der Waals surface area contributed by atoms with Crippen LogP contribution in [0.2, 0.25) is 0 Å². The second-order valence-corrected chi connectivity index (χ2v) is 10.0. The molecular formula is C18H26N4O3S. The summed E-state index contributed by atoms with van der Waals surface area (Å²) in [7, 11) is 2.36. The van der Waals surface area contributed by atoms with Gasteiger partial charge in [0.1, 0.15) is 0 Å². The summed E-state index contributed by atoms with van der Waals surface area (Å²) in [5.41, 5.74) is 0.797. The lowest BCUT2D eigenvalue weighted by Gasteiger charge is -2.26. The van der Waals surface area contributed by atoms with Gasteiger partial charge in [-0.05, 0) is 69.8 Å². The van der Waals surface area contributed by atoms with E-state index in [1.54, 1.807) is 23.5 Å². The molecule has 2 aliphatic carbocycles. The predicted octanol–water partition coefficient (Wildman–Crippen LogP) is 1.60. The van der Waals surface area contributed by atoms with Crippen molar-refractivity contribution in [2.45, 2.75) is 42.7 Å². The first kappa shape index (κ1) is 17.8. The fourth-order valence-corrected chi connectivity index (χ4v) is 6.21. The quantitative estimate of drug-likeness (QED) is 0.846. The van der Waals surface area contributed by atoms with Crippen LogP contribution >= 0.6 is 0 Å². The van der Waals surface area contributed by atoms with Gasteiger partial charge in [0.2, 0.25) is 10.0 Å². The summed E-state index contributed by atoms with van der Waals surface area (Å²) in [6, 6.07) is 5.42. The smallest absolute Gasteiger partial charge is 0.306 e. The molecule has 0 saturated heterocycles. The SMILES string of the molecule is CN(C)C1C[C@@H]2CC(N(C)S(=O)(=O)c3ccc4[nH]c(=O)[nH]c4c3)C[C@@H]2C1. The van der Waals surface area contributed by atoms with Crippen LogP contribution in [-0.2, 0) is 10.0 Å². The first-order valence-corrected chi connectivity index (χ1v) is 10.6. The lowest BCUT2D eigenvalue weighted by Crippen LogP contribution is -2.36. The molecule has 2 aromatic rings. The molecule has 1 aromatic carbocycles. The molecule has 1 aromatic heterocycles. The minimum atomic E-state index is -3.58. The van der Waals surface area contributed by atoms with Crippen molar-refractivity contribution in [2.24, 2.45) is 11.8 Å². The fraction of sp³-hybridized carbons (Fsp3) is 0.611. The van der Waals surface area contributed by atoms with E-state index in [9.17, 15) is 13.2 Å². The standard InChI is InChI=1S/C18H26N4O3S/c1-21(2)13-6-11-8-14(9-12(11)7-13)22(3)26(24,25)15-4-5-16-17(10-15)20-18(23)19-16/h4-5,10-14H,6-9H2,1-3H3,(H2,19,20,23)/t11-,12+,13?,14?. The molecule has 0 spiro atoms. The van der Waals surface area contributed by atoms with E-state index in [0.717, 1.165) is 12.8 Å². The van der Waals surface area contributed by atoms with Crippen LogP contribution in [0.3, 0.4) is 0 Å². The average molecular weight is 378 g/mol. The molecule has 2 N–H and O–H groups in total. The van der Waals surface area contributed by atoms with Crippen molar-refractivity contribution >= 4 is 21.1 Å². The summed E-state index contributed by atoms with van der Waals surface area (Å²) in [4.78, 5) is 19.2. The highest BCUT2D eigenvalue weighted by Crippen LogP contribution is 2.47. The van der Waals surface area contributed by atoms with E-state index >= 15 is 0 Å². The predicted molar refractivity (Wildman–Crippen MR) is 101 cm³/mol. The Bertz CT molecular complexity index is 964. The van der Waals surface area contributed by atoms with Gasteiger partial charge in [0.05, 0.1) is 15.9 Å². The molecule has 4 atom stereocenters. The molecule has 0 radical (unpaired) electrons. The van der Waals surface area contributed by atoms with Crippen LogP contribution in [0.1, 0.15) is 25.7 Å². The number of hydrogen-bond acceptors (Lipinski definition) is 4. The maximum Gasteiger partial charge on any atom is 0.323 e. The molecule has 2 fully saturated rings. The number of imidazole rings is 1. The van der Waals surface area contributed by atoms with Crippen LogP contribution in [0, 0.1) is 11.8 Å². The monoisotopic (exact) mass is 378 g/mol. The van der Waals surface area contributed by atoms with Crippen LogP contribution in [0.4, 0.5) is 0 Å². The Morgan fingerprint density at radius 2 is 1.50 bits per heavy atom. The molecule has 2 unspecified atom stereocenters. The largest absolute Gasteiger partial charge is 0.323 e. The topological polar surface area (TPSA) is 89.3 Å². The highest BCUT2D eigenvalue weighted by Gasteiger charge is 2.45. The Kier molecular flexibility index (Phi) is 4.24. The van der Waals surface area contributed by atoms with Gasteiger partial charge in [0.15, 0.2) is 0 Å². The number of sulfonamides is 1. The molecule has 142 valence electrons. The lowest BCUT2D eigenvalue weighted by atomic mass is 10.0. The summed E-state index contributed by atoms with van der Waals surface area (Å²) >= 11 is 0.